The largest absolute Gasteiger partial charge is 0.388 e. The predicted molar refractivity (Wildman–Crippen MR) is 92.1 cm³/mol. The Balaban J connectivity index is 1.86. The van der Waals surface area contributed by atoms with Gasteiger partial charge < -0.3 is 5.32 Å². The summed E-state index contributed by atoms with van der Waals surface area (Å²) >= 11 is 1.74. The summed E-state index contributed by atoms with van der Waals surface area (Å²) in [6.45, 7) is 0. The van der Waals surface area contributed by atoms with Gasteiger partial charge in [0.2, 0.25) is 0 Å². The van der Waals surface area contributed by atoms with E-state index >= 15 is 0 Å². The van der Waals surface area contributed by atoms with Crippen LogP contribution in [0.4, 0.5) is 5.69 Å². The van der Waals surface area contributed by atoms with Crippen molar-refractivity contribution in [3.63, 3.8) is 0 Å². The maximum absolute atomic E-state index is 4.73. The van der Waals surface area contributed by atoms with E-state index in [0.717, 1.165) is 16.2 Å². The summed E-state index contributed by atoms with van der Waals surface area (Å²) in [6, 6.07) is 21.2. The van der Waals surface area contributed by atoms with E-state index < -0.39 is 0 Å². The van der Waals surface area contributed by atoms with Crippen LogP contribution in [0.2, 0.25) is 0 Å². The molecule has 0 saturated carbocycles. The van der Waals surface area contributed by atoms with E-state index in [-0.39, 0.29) is 0 Å². The number of anilines is 1. The highest BCUT2D eigenvalue weighted by molar-refractivity contribution is 7.21. The van der Waals surface area contributed by atoms with Crippen molar-refractivity contribution in [3.05, 3.63) is 60.7 Å². The second-order valence-corrected chi connectivity index (χ2v) is 6.04. The van der Waals surface area contributed by atoms with Crippen molar-refractivity contribution < 1.29 is 0 Å². The molecule has 0 aliphatic rings. The number of hydrogen-bond donors (Lipinski definition) is 1. The fourth-order valence-electron chi connectivity index (χ4n) is 2.53. The number of benzene rings is 3. The molecule has 4 aromatic rings. The molecule has 0 atom stereocenters. The van der Waals surface area contributed by atoms with Crippen molar-refractivity contribution in [1.29, 1.82) is 0 Å². The number of hydrogen-bond acceptors (Lipinski definition) is 3. The van der Waals surface area contributed by atoms with Gasteiger partial charge in [-0.25, -0.2) is 4.98 Å². The topological polar surface area (TPSA) is 24.9 Å². The maximum Gasteiger partial charge on any atom is 0.124 e. The third-order valence-electron chi connectivity index (χ3n) is 3.67. The summed E-state index contributed by atoms with van der Waals surface area (Å²) in [7, 11) is 1.94. The lowest BCUT2D eigenvalue weighted by atomic mass is 10.1. The van der Waals surface area contributed by atoms with Gasteiger partial charge in [0.25, 0.3) is 0 Å². The number of aromatic nitrogens is 1. The predicted octanol–water partition coefficient (Wildman–Crippen LogP) is 5.16. The molecule has 3 aromatic carbocycles. The lowest BCUT2D eigenvalue weighted by Gasteiger charge is -2.04. The van der Waals surface area contributed by atoms with E-state index in [0.29, 0.717) is 0 Å². The van der Waals surface area contributed by atoms with Gasteiger partial charge in [-0.1, -0.05) is 30.3 Å². The quantitative estimate of drug-likeness (QED) is 0.551. The molecule has 2 nitrogen and oxygen atoms in total. The van der Waals surface area contributed by atoms with E-state index in [1.165, 1.54) is 21.0 Å². The summed E-state index contributed by atoms with van der Waals surface area (Å²) in [6.07, 6.45) is 0. The van der Waals surface area contributed by atoms with Crippen molar-refractivity contribution in [2.45, 2.75) is 0 Å². The summed E-state index contributed by atoms with van der Waals surface area (Å²) in [5, 5.41) is 6.74. The lowest BCUT2D eigenvalue weighted by Crippen LogP contribution is -1.87. The van der Waals surface area contributed by atoms with Gasteiger partial charge in [-0.2, -0.15) is 0 Å². The van der Waals surface area contributed by atoms with Crippen molar-refractivity contribution in [1.82, 2.24) is 4.98 Å². The lowest BCUT2D eigenvalue weighted by molar-refractivity contribution is 1.48. The van der Waals surface area contributed by atoms with Gasteiger partial charge in [0.1, 0.15) is 5.01 Å². The monoisotopic (exact) mass is 290 g/mol. The minimum absolute atomic E-state index is 1.07. The molecule has 1 aromatic heterocycles. The van der Waals surface area contributed by atoms with Gasteiger partial charge in [0.05, 0.1) is 10.2 Å². The molecule has 1 N–H and O–H groups in total. The molecule has 0 aliphatic heterocycles. The number of rotatable bonds is 2. The van der Waals surface area contributed by atoms with Crippen LogP contribution in [-0.2, 0) is 0 Å². The molecule has 1 heterocycles. The summed E-state index contributed by atoms with van der Waals surface area (Å²) in [5.74, 6) is 0. The molecule has 102 valence electrons. The van der Waals surface area contributed by atoms with Crippen molar-refractivity contribution in [2.24, 2.45) is 0 Å². The Bertz CT molecular complexity index is 907. The van der Waals surface area contributed by atoms with Crippen LogP contribution in [0.25, 0.3) is 31.6 Å². The van der Waals surface area contributed by atoms with Crippen LogP contribution in [0.3, 0.4) is 0 Å². The van der Waals surface area contributed by atoms with Gasteiger partial charge in [-0.05, 0) is 41.1 Å². The molecule has 3 heteroatoms. The number of fused-ring (bicyclic) bond motifs is 2. The standard InChI is InChI=1S/C18H14N2S/c1-19-15-9-8-12-10-14(7-6-13(12)11-15)18-20-16-4-2-3-5-17(16)21-18/h2-11,19H,1H3. The molecule has 4 rings (SSSR count). The molecule has 0 bridgehead atoms. The highest BCUT2D eigenvalue weighted by atomic mass is 32.1. The summed E-state index contributed by atoms with van der Waals surface area (Å²) in [5.41, 5.74) is 3.39. The van der Waals surface area contributed by atoms with Crippen LogP contribution < -0.4 is 5.32 Å². The number of para-hydroxylation sites is 1. The Morgan fingerprint density at radius 3 is 2.57 bits per heavy atom. The Kier molecular flexibility index (Phi) is 2.86. The number of nitrogens with zero attached hydrogens (tertiary/aromatic N) is 1. The van der Waals surface area contributed by atoms with Crippen molar-refractivity contribution >= 4 is 38.0 Å². The van der Waals surface area contributed by atoms with Crippen LogP contribution in [-0.4, -0.2) is 12.0 Å². The van der Waals surface area contributed by atoms with Crippen LogP contribution in [0, 0.1) is 0 Å². The first-order valence-corrected chi connectivity index (χ1v) is 7.73. The zero-order valence-corrected chi connectivity index (χ0v) is 12.4. The van der Waals surface area contributed by atoms with Gasteiger partial charge >= 0.3 is 0 Å². The Morgan fingerprint density at radius 2 is 1.71 bits per heavy atom. The van der Waals surface area contributed by atoms with Crippen molar-refractivity contribution in [2.75, 3.05) is 12.4 Å². The first kappa shape index (κ1) is 12.4. The van der Waals surface area contributed by atoms with Gasteiger partial charge in [-0.3, -0.25) is 0 Å². The van der Waals surface area contributed by atoms with E-state index in [1.54, 1.807) is 11.3 Å². The van der Waals surface area contributed by atoms with Crippen LogP contribution >= 0.6 is 11.3 Å². The molecule has 0 unspecified atom stereocenters. The molecule has 0 amide bonds. The van der Waals surface area contributed by atoms with Gasteiger partial charge in [-0.15, -0.1) is 11.3 Å². The molecular weight excluding hydrogens is 276 g/mol. The third kappa shape index (κ3) is 2.16. The minimum Gasteiger partial charge on any atom is -0.388 e. The fraction of sp³-hybridized carbons (Fsp3) is 0.0556. The summed E-state index contributed by atoms with van der Waals surface area (Å²) in [4.78, 5) is 4.73. The average molecular weight is 290 g/mol. The van der Waals surface area contributed by atoms with Crippen LogP contribution in [0.5, 0.6) is 0 Å². The molecule has 0 fully saturated rings. The Morgan fingerprint density at radius 1 is 0.905 bits per heavy atom. The molecule has 0 aliphatic carbocycles. The number of nitrogens with one attached hydrogen (secondary N) is 1. The fourth-order valence-corrected chi connectivity index (χ4v) is 3.49. The summed E-state index contributed by atoms with van der Waals surface area (Å²) < 4.78 is 1.23. The SMILES string of the molecule is CNc1ccc2cc(-c3nc4ccccc4s3)ccc2c1. The third-order valence-corrected chi connectivity index (χ3v) is 4.76. The molecule has 0 radical (unpaired) electrons. The van der Waals surface area contributed by atoms with Gasteiger partial charge in [0, 0.05) is 18.3 Å². The highest BCUT2D eigenvalue weighted by Gasteiger charge is 2.06. The van der Waals surface area contributed by atoms with Crippen LogP contribution in [0.15, 0.2) is 60.7 Å². The van der Waals surface area contributed by atoms with E-state index in [1.807, 2.05) is 13.1 Å². The van der Waals surface area contributed by atoms with E-state index in [2.05, 4.69) is 59.9 Å². The van der Waals surface area contributed by atoms with Gasteiger partial charge in [0.15, 0.2) is 0 Å². The van der Waals surface area contributed by atoms with E-state index in [9.17, 15) is 0 Å². The zero-order chi connectivity index (χ0) is 14.2. The second kappa shape index (κ2) is 4.86. The Hall–Kier alpha value is -2.39. The minimum atomic E-state index is 1.07. The smallest absolute Gasteiger partial charge is 0.124 e. The Labute approximate surface area is 127 Å². The highest BCUT2D eigenvalue weighted by Crippen LogP contribution is 2.32. The number of thiazole rings is 1. The maximum atomic E-state index is 4.73. The first-order valence-electron chi connectivity index (χ1n) is 6.91. The second-order valence-electron chi connectivity index (χ2n) is 5.01. The molecular formula is C18H14N2S. The molecule has 21 heavy (non-hydrogen) atoms. The van der Waals surface area contributed by atoms with Crippen LogP contribution in [0.1, 0.15) is 0 Å². The molecule has 0 saturated heterocycles. The first-order chi connectivity index (χ1) is 10.3. The zero-order valence-electron chi connectivity index (χ0n) is 11.6. The van der Waals surface area contributed by atoms with Crippen molar-refractivity contribution in [3.8, 4) is 10.6 Å². The average Bonchev–Trinajstić information content (AvgIpc) is 2.98. The van der Waals surface area contributed by atoms with E-state index in [4.69, 9.17) is 4.98 Å². The molecule has 0 spiro atoms. The normalized spacial score (nSPS) is 11.1.